The number of rotatable bonds is 22. The van der Waals surface area contributed by atoms with Crippen molar-refractivity contribution in [1.29, 1.82) is 10.5 Å². The number of anilines is 4. The van der Waals surface area contributed by atoms with Crippen LogP contribution in [-0.4, -0.2) is 93.8 Å². The van der Waals surface area contributed by atoms with Crippen molar-refractivity contribution in [3.63, 3.8) is 0 Å². The van der Waals surface area contributed by atoms with Gasteiger partial charge in [-0.3, -0.25) is 39.3 Å². The predicted molar refractivity (Wildman–Crippen MR) is 333 cm³/mol. The zero-order valence-electron chi connectivity index (χ0n) is 48.0. The molecule has 8 aromatic rings. The summed E-state index contributed by atoms with van der Waals surface area (Å²) in [7, 11) is 4.17. The summed E-state index contributed by atoms with van der Waals surface area (Å²) in [6.45, 7) is 7.36. The topological polar surface area (TPSA) is 201 Å². The molecular weight excluding hydrogens is 1110 g/mol. The lowest BCUT2D eigenvalue weighted by Crippen LogP contribution is -2.34. The summed E-state index contributed by atoms with van der Waals surface area (Å²) in [6, 6.07) is 34.4. The molecule has 16 nitrogen and oxygen atoms in total. The molecule has 0 saturated carbocycles. The second kappa shape index (κ2) is 29.6. The van der Waals surface area contributed by atoms with E-state index in [-0.39, 0.29) is 49.7 Å². The number of carbonyl (C=O) groups is 2. The van der Waals surface area contributed by atoms with E-state index in [9.17, 15) is 20.1 Å². The number of nitriles is 2. The number of hydrogen-bond donors (Lipinski definition) is 2. The van der Waals surface area contributed by atoms with E-state index in [2.05, 4.69) is 66.6 Å². The van der Waals surface area contributed by atoms with Crippen LogP contribution in [-0.2, 0) is 35.6 Å². The van der Waals surface area contributed by atoms with Crippen LogP contribution in [0.15, 0.2) is 146 Å². The van der Waals surface area contributed by atoms with Crippen LogP contribution in [0.2, 0.25) is 10.0 Å². The van der Waals surface area contributed by atoms with Crippen LogP contribution in [0.25, 0.3) is 21.8 Å². The third kappa shape index (κ3) is 16.1. The van der Waals surface area contributed by atoms with Gasteiger partial charge in [-0.2, -0.15) is 10.5 Å². The van der Waals surface area contributed by atoms with Gasteiger partial charge in [0.2, 0.25) is 0 Å². The quantitative estimate of drug-likeness (QED) is 0.0606. The summed E-state index contributed by atoms with van der Waals surface area (Å²) in [4.78, 5) is 48.2. The second-order valence-electron chi connectivity index (χ2n) is 20.6. The van der Waals surface area contributed by atoms with Crippen molar-refractivity contribution in [2.45, 2.75) is 84.1 Å². The number of aromatic nitrogens is 4. The number of likely N-dealkylation sites (tertiary alicyclic amines) is 2. The van der Waals surface area contributed by atoms with E-state index in [1.54, 1.807) is 48.8 Å². The van der Waals surface area contributed by atoms with Crippen molar-refractivity contribution in [2.75, 3.05) is 51.0 Å². The summed E-state index contributed by atoms with van der Waals surface area (Å²) >= 11 is 13.1. The van der Waals surface area contributed by atoms with Crippen LogP contribution in [0.1, 0.15) is 79.6 Å². The maximum absolute atomic E-state index is 13.1. The van der Waals surface area contributed by atoms with Gasteiger partial charge in [-0.1, -0.05) is 53.9 Å². The Morgan fingerprint density at radius 1 is 0.588 bits per heavy atom. The maximum Gasteiger partial charge on any atom is 0.159 e. The zero-order valence-corrected chi connectivity index (χ0v) is 49.5. The minimum absolute atomic E-state index is 0.00810. The highest BCUT2D eigenvalue weighted by Crippen LogP contribution is 2.38. The highest BCUT2D eigenvalue weighted by atomic mass is 35.5. The van der Waals surface area contributed by atoms with E-state index in [1.165, 1.54) is 25.2 Å². The summed E-state index contributed by atoms with van der Waals surface area (Å²) in [5, 5.41) is 28.8. The zero-order chi connectivity index (χ0) is 59.7. The Kier molecular flexibility index (Phi) is 21.1. The molecule has 2 atom stereocenters. The molecule has 434 valence electrons. The molecule has 18 heteroatoms. The van der Waals surface area contributed by atoms with Crippen LogP contribution in [0, 0.1) is 22.7 Å². The average Bonchev–Trinajstić information content (AvgIpc) is 3.89. The first-order valence-electron chi connectivity index (χ1n) is 28.4. The summed E-state index contributed by atoms with van der Waals surface area (Å²) in [5.41, 5.74) is 7.53. The van der Waals surface area contributed by atoms with E-state index >= 15 is 0 Å². The number of hydrogen-bond acceptors (Lipinski definition) is 16. The molecule has 2 saturated heterocycles. The molecule has 4 aromatic heterocycles. The number of pyridine rings is 4. The van der Waals surface area contributed by atoms with Crippen LogP contribution in [0.5, 0.6) is 23.0 Å². The van der Waals surface area contributed by atoms with Crippen molar-refractivity contribution in [3.05, 3.63) is 190 Å². The van der Waals surface area contributed by atoms with Crippen molar-refractivity contribution in [2.24, 2.45) is 0 Å². The molecule has 0 aliphatic carbocycles. The highest BCUT2D eigenvalue weighted by molar-refractivity contribution is 6.32. The van der Waals surface area contributed by atoms with Gasteiger partial charge in [0.15, 0.2) is 11.6 Å². The largest absolute Gasteiger partial charge is 0.494 e. The molecule has 85 heavy (non-hydrogen) atoms. The number of likely N-dealkylation sites (N-methyl/N-ethyl adjacent to an activating group) is 2. The number of benzene rings is 4. The first-order valence-corrected chi connectivity index (χ1v) is 29.1. The minimum atomic E-state index is -0.0115. The maximum atomic E-state index is 13.1. The Morgan fingerprint density at radius 3 is 1.45 bits per heavy atom. The van der Waals surface area contributed by atoms with E-state index in [0.717, 1.165) is 54.9 Å². The van der Waals surface area contributed by atoms with Crippen LogP contribution in [0.4, 0.5) is 22.7 Å². The Labute approximate surface area is 505 Å². The molecule has 0 radical (unpaired) electrons. The average molecular weight is 1180 g/mol. The SMILES string of the molecule is CCOc1cc2ncc(C#N)c(Nc3ccc(OCc4ccccn4)c(Cl)c3)c2cc1CC(=O)/C=C/C1CCCCN1C.CCOc1cc2ncc(C#N)c(Nc3ccc(OCc4ccccn4)c(Cl)c3)c2cc1CC(=O)/C=C/C1CCCN1C. The molecule has 2 aliphatic heterocycles. The van der Waals surface area contributed by atoms with Crippen molar-refractivity contribution < 1.29 is 28.5 Å². The molecule has 4 aromatic carbocycles. The standard InChI is InChI=1S/C34H34ClN5O3.C33H32ClN5O3/c1-3-42-33-19-31-29(17-23(33)16-28(41)12-11-27-9-5-7-15-40(27)2)34(24(20-36)21-38-31)39-25-10-13-32(30(35)18-25)43-22-26-8-4-6-14-37-26;1-3-41-32-18-30-28(16-22(32)15-27(40)11-10-26-8-6-14-39(26)2)33(23(19-35)20-37-30)38-24-9-12-31(29(34)17-24)42-21-25-7-4-5-13-36-25/h4,6,8,10-14,17-19,21,27H,3,5,7,9,15-16,22H2,1-2H3,(H,38,39);4-5,7,9-13,16-18,20,26H,3,6,8,14-15,21H2,1-2H3,(H,37,38)/b12-11+;11-10+. The van der Waals surface area contributed by atoms with Gasteiger partial charge >= 0.3 is 0 Å². The number of nitrogens with zero attached hydrogens (tertiary/aromatic N) is 8. The molecule has 6 heterocycles. The van der Waals surface area contributed by atoms with Crippen molar-refractivity contribution in [1.82, 2.24) is 29.7 Å². The van der Waals surface area contributed by atoms with Crippen LogP contribution < -0.4 is 29.6 Å². The predicted octanol–water partition coefficient (Wildman–Crippen LogP) is 13.7. The number of ether oxygens (including phenoxy) is 4. The van der Waals surface area contributed by atoms with Gasteiger partial charge in [-0.15, -0.1) is 0 Å². The third-order valence-electron chi connectivity index (χ3n) is 14.7. The van der Waals surface area contributed by atoms with Gasteiger partial charge in [0.1, 0.15) is 48.4 Å². The molecular formula is C67H66Cl2N10O6. The molecule has 0 amide bonds. The van der Waals surface area contributed by atoms with E-state index < -0.39 is 0 Å². The fourth-order valence-corrected chi connectivity index (χ4v) is 10.7. The fraction of sp³-hybridized carbons (Fsp3) is 0.284. The lowest BCUT2D eigenvalue weighted by atomic mass is 9.99. The Bertz CT molecular complexity index is 3810. The Hall–Kier alpha value is -8.90. The summed E-state index contributed by atoms with van der Waals surface area (Å²) in [6.07, 6.45) is 19.8. The van der Waals surface area contributed by atoms with Crippen molar-refractivity contribution in [3.8, 4) is 35.1 Å². The smallest absolute Gasteiger partial charge is 0.159 e. The number of fused-ring (bicyclic) bond motifs is 2. The van der Waals surface area contributed by atoms with Gasteiger partial charge < -0.3 is 29.6 Å². The molecule has 0 bridgehead atoms. The van der Waals surface area contributed by atoms with Crippen LogP contribution in [0.3, 0.4) is 0 Å². The van der Waals surface area contributed by atoms with Gasteiger partial charge in [0, 0.05) is 95.1 Å². The summed E-state index contributed by atoms with van der Waals surface area (Å²) < 4.78 is 23.5. The van der Waals surface area contributed by atoms with Gasteiger partial charge in [-0.05, 0) is 152 Å². The number of carbonyl (C=O) groups excluding carboxylic acids is 2. The Morgan fingerprint density at radius 2 is 1.05 bits per heavy atom. The monoisotopic (exact) mass is 1180 g/mol. The Balaban J connectivity index is 0.000000204. The molecule has 0 spiro atoms. The number of allylic oxidation sites excluding steroid dienone is 2. The third-order valence-corrected chi connectivity index (χ3v) is 15.3. The lowest BCUT2D eigenvalue weighted by molar-refractivity contribution is -0.114. The number of piperidine rings is 1. The molecule has 2 aliphatic rings. The molecule has 2 N–H and O–H groups in total. The molecule has 2 unspecified atom stereocenters. The number of nitrogens with one attached hydrogen (secondary N) is 2. The molecule has 10 rings (SSSR count). The van der Waals surface area contributed by atoms with Gasteiger partial charge in [0.05, 0.1) is 68.2 Å². The van der Waals surface area contributed by atoms with E-state index in [0.29, 0.717) is 102 Å². The normalized spacial score (nSPS) is 15.2. The van der Waals surface area contributed by atoms with Crippen molar-refractivity contribution >= 4 is 79.3 Å². The van der Waals surface area contributed by atoms with E-state index in [1.807, 2.05) is 98.8 Å². The van der Waals surface area contributed by atoms with E-state index in [4.69, 9.17) is 42.1 Å². The van der Waals surface area contributed by atoms with Crippen LogP contribution >= 0.6 is 23.2 Å². The van der Waals surface area contributed by atoms with Gasteiger partial charge in [0.25, 0.3) is 0 Å². The first-order chi connectivity index (χ1) is 41.4. The van der Waals surface area contributed by atoms with Gasteiger partial charge in [-0.25, -0.2) is 0 Å². The number of halogens is 2. The summed E-state index contributed by atoms with van der Waals surface area (Å²) in [5.74, 6) is 2.23. The fourth-order valence-electron chi connectivity index (χ4n) is 10.2. The highest BCUT2D eigenvalue weighted by Gasteiger charge is 2.22. The first kappa shape index (κ1) is 60.7. The molecule has 2 fully saturated rings. The minimum Gasteiger partial charge on any atom is -0.494 e. The number of ketones is 2. The lowest BCUT2D eigenvalue weighted by Gasteiger charge is -2.30. The second-order valence-corrected chi connectivity index (χ2v) is 21.5.